The van der Waals surface area contributed by atoms with Gasteiger partial charge in [0.25, 0.3) is 0 Å². The van der Waals surface area contributed by atoms with Gasteiger partial charge in [-0.3, -0.25) is 33.6 Å². The summed E-state index contributed by atoms with van der Waals surface area (Å²) in [5.41, 5.74) is 5.57. The van der Waals surface area contributed by atoms with Gasteiger partial charge in [-0.25, -0.2) is 0 Å². The van der Waals surface area contributed by atoms with Crippen molar-refractivity contribution in [3.05, 3.63) is 0 Å². The first-order valence-electron chi connectivity index (χ1n) is 37.2. The summed E-state index contributed by atoms with van der Waals surface area (Å²) in [4.78, 5) is 101. The third kappa shape index (κ3) is 31.0. The van der Waals surface area contributed by atoms with Gasteiger partial charge >= 0.3 is 41.8 Å². The lowest BCUT2D eigenvalue weighted by Gasteiger charge is -2.35. The Labute approximate surface area is 561 Å². The first kappa shape index (κ1) is 84.3. The molecule has 92 heavy (non-hydrogen) atoms. The zero-order valence-corrected chi connectivity index (χ0v) is 62.2. The van der Waals surface area contributed by atoms with Gasteiger partial charge < -0.3 is 38.9 Å². The van der Waals surface area contributed by atoms with Gasteiger partial charge in [0.1, 0.15) is 0 Å². The number of hydrogen-bond donors (Lipinski definition) is 1. The second kappa shape index (κ2) is 43.4. The molecule has 2 saturated heterocycles. The third-order valence-corrected chi connectivity index (χ3v) is 21.5. The number of carbonyl (C=O) groups excluding carboxylic acids is 7. The molecule has 0 aliphatic carbocycles. The lowest BCUT2D eigenvalue weighted by Crippen LogP contribution is -2.35. The van der Waals surface area contributed by atoms with Crippen LogP contribution in [0.5, 0.6) is 0 Å². The van der Waals surface area contributed by atoms with E-state index in [9.17, 15) is 33.6 Å². The van der Waals surface area contributed by atoms with Crippen LogP contribution >= 0.6 is 0 Å². The van der Waals surface area contributed by atoms with E-state index in [0.717, 1.165) is 38.5 Å². The molecule has 0 spiro atoms. The van der Waals surface area contributed by atoms with Gasteiger partial charge in [0.2, 0.25) is 0 Å². The molecule has 0 aromatic heterocycles. The Kier molecular flexibility index (Phi) is 39.8. The Morgan fingerprint density at radius 2 is 1.02 bits per heavy atom. The fourth-order valence-corrected chi connectivity index (χ4v) is 14.5. The summed E-state index contributed by atoms with van der Waals surface area (Å²) in [6.07, 6.45) is 14.3. The monoisotopic (exact) mass is 1300 g/mol. The Bertz CT molecular complexity index is 2120. The minimum Gasteiger partial charge on any atom is -0.465 e. The maximum atomic E-state index is 14.8. The SMILES string of the molecule is CCC1(CCOC(=O)C(CC(C)C)C(C)C)CCOC(=O)C(CC(C)C)CC(CN)CC2CC(C(C)C)C(=O)OCCC(CC)(CCOC2=O)CCOC(=O)C(C(C)C)CCCC(C(=O)OCCC(CC)(CCC(C)C)CCC(C)C)CC(CC(C)C)C(=O)OCC1. The predicted octanol–water partition coefficient (Wildman–Crippen LogP) is 17.3. The van der Waals surface area contributed by atoms with E-state index in [-0.39, 0.29) is 148 Å². The van der Waals surface area contributed by atoms with E-state index < -0.39 is 52.3 Å². The number of carbonyl (C=O) groups is 7. The first-order chi connectivity index (χ1) is 43.3. The van der Waals surface area contributed by atoms with E-state index in [1.54, 1.807) is 0 Å². The van der Waals surface area contributed by atoms with Gasteiger partial charge in [-0.15, -0.1) is 0 Å². The highest BCUT2D eigenvalue weighted by atomic mass is 16.6. The van der Waals surface area contributed by atoms with Crippen molar-refractivity contribution in [2.45, 2.75) is 286 Å². The van der Waals surface area contributed by atoms with E-state index in [4.69, 9.17) is 38.9 Å². The second-order valence-corrected chi connectivity index (χ2v) is 32.1. The van der Waals surface area contributed by atoms with Crippen LogP contribution in [0.3, 0.4) is 0 Å². The number of esters is 7. The molecule has 2 bridgehead atoms. The molecule has 10 unspecified atom stereocenters. The van der Waals surface area contributed by atoms with E-state index >= 15 is 0 Å². The Morgan fingerprint density at radius 1 is 0.533 bits per heavy atom. The number of ether oxygens (including phenoxy) is 7. The van der Waals surface area contributed by atoms with Crippen LogP contribution in [0.4, 0.5) is 0 Å². The first-order valence-corrected chi connectivity index (χ1v) is 37.2. The largest absolute Gasteiger partial charge is 0.465 e. The molecule has 0 aromatic rings. The molecule has 10 atom stereocenters. The molecular formula is C77H139NO14. The van der Waals surface area contributed by atoms with Crippen molar-refractivity contribution in [1.29, 1.82) is 0 Å². The molecule has 0 aromatic carbocycles. The van der Waals surface area contributed by atoms with Crippen molar-refractivity contribution < 1.29 is 66.7 Å². The van der Waals surface area contributed by atoms with Gasteiger partial charge in [0, 0.05) is 0 Å². The number of rotatable bonds is 27. The van der Waals surface area contributed by atoms with Crippen LogP contribution in [0.2, 0.25) is 0 Å². The maximum Gasteiger partial charge on any atom is 0.309 e. The van der Waals surface area contributed by atoms with Crippen LogP contribution in [0, 0.1) is 111 Å². The quantitative estimate of drug-likeness (QED) is 0.0599. The minimum atomic E-state index is -0.690. The normalized spacial score (nSPS) is 26.4. The number of fused-ring (bicyclic) bond motifs is 5. The summed E-state index contributed by atoms with van der Waals surface area (Å²) >= 11 is 0. The highest BCUT2D eigenvalue weighted by Gasteiger charge is 2.40. The zero-order chi connectivity index (χ0) is 69.4. The lowest BCUT2D eigenvalue weighted by atomic mass is 9.72. The Hall–Kier alpha value is -3.75. The zero-order valence-electron chi connectivity index (χ0n) is 62.2. The molecule has 15 heteroatoms. The summed E-state index contributed by atoms with van der Waals surface area (Å²) in [7, 11) is 0. The molecule has 536 valence electrons. The molecule has 2 heterocycles. The van der Waals surface area contributed by atoms with Crippen molar-refractivity contribution in [3.63, 3.8) is 0 Å². The molecule has 0 amide bonds. The minimum absolute atomic E-state index is 0.0435. The van der Waals surface area contributed by atoms with Crippen LogP contribution in [0.25, 0.3) is 0 Å². The summed E-state index contributed by atoms with van der Waals surface area (Å²) in [5.74, 6) is -4.90. The topological polar surface area (TPSA) is 210 Å². The van der Waals surface area contributed by atoms with Gasteiger partial charge in [-0.1, -0.05) is 170 Å². The van der Waals surface area contributed by atoms with Crippen molar-refractivity contribution >= 4 is 41.8 Å². The Morgan fingerprint density at radius 3 is 1.47 bits per heavy atom. The summed E-state index contributed by atoms with van der Waals surface area (Å²) in [6, 6.07) is 0. The number of nitrogens with two attached hydrogens (primary N) is 1. The van der Waals surface area contributed by atoms with Gasteiger partial charge in [-0.05, 0) is 192 Å². The van der Waals surface area contributed by atoms with Gasteiger partial charge in [0.15, 0.2) is 0 Å². The van der Waals surface area contributed by atoms with Gasteiger partial charge in [0.05, 0.1) is 87.7 Å². The third-order valence-electron chi connectivity index (χ3n) is 21.5. The molecular weight excluding hydrogens is 1160 g/mol. The van der Waals surface area contributed by atoms with Crippen LogP contribution in [0.15, 0.2) is 0 Å². The highest BCUT2D eigenvalue weighted by molar-refractivity contribution is 5.77. The van der Waals surface area contributed by atoms with Gasteiger partial charge in [-0.2, -0.15) is 0 Å². The second-order valence-electron chi connectivity index (χ2n) is 32.1. The van der Waals surface area contributed by atoms with E-state index in [1.165, 1.54) is 0 Å². The average molecular weight is 1300 g/mol. The molecule has 2 N–H and O–H groups in total. The summed E-state index contributed by atoms with van der Waals surface area (Å²) in [6.45, 7) is 41.1. The number of cyclic esters (lactones) is 4. The lowest BCUT2D eigenvalue weighted by molar-refractivity contribution is -0.158. The standard InChI is InChI=1S/C77H139NO14/c1-20-75(28-26-52(4)5,29-27-53(6)7)30-37-86-68(79)61-24-23-25-65(57(14)15)72(83)90-41-34-77(22-3)33-40-89-71(82)64(50-67(59(18)19)74(85)92-43-36-77)48-60(51-78)47-62(44-54(8)9)69(80)87-38-31-76(21-2,32-39-88-70(81)63(49-61)45-55(10)11)35-42-91-73(84)66(58(16)17)46-56(12)13/h52-67H,20-51,78H2,1-19H3. The molecule has 15 nitrogen and oxygen atoms in total. The van der Waals surface area contributed by atoms with E-state index in [1.807, 2.05) is 41.5 Å². The number of hydrogen-bond acceptors (Lipinski definition) is 15. The Balaban J connectivity index is 2.81. The van der Waals surface area contributed by atoms with Crippen LogP contribution in [0.1, 0.15) is 286 Å². The van der Waals surface area contributed by atoms with E-state index in [0.29, 0.717) is 120 Å². The summed E-state index contributed by atoms with van der Waals surface area (Å²) in [5, 5.41) is 0. The van der Waals surface area contributed by atoms with Crippen molar-refractivity contribution in [3.8, 4) is 0 Å². The van der Waals surface area contributed by atoms with Crippen LogP contribution in [-0.4, -0.2) is 94.6 Å². The fourth-order valence-electron chi connectivity index (χ4n) is 14.5. The summed E-state index contributed by atoms with van der Waals surface area (Å²) < 4.78 is 43.5. The molecule has 2 aliphatic heterocycles. The molecule has 0 saturated carbocycles. The molecule has 0 radical (unpaired) electrons. The molecule has 2 rings (SSSR count). The van der Waals surface area contributed by atoms with E-state index in [2.05, 4.69) is 90.0 Å². The maximum absolute atomic E-state index is 14.8. The fraction of sp³-hybridized carbons (Fsp3) is 0.909. The van der Waals surface area contributed by atoms with Crippen LogP contribution in [-0.2, 0) is 66.7 Å². The smallest absolute Gasteiger partial charge is 0.309 e. The van der Waals surface area contributed by atoms with Crippen molar-refractivity contribution in [1.82, 2.24) is 0 Å². The molecule has 2 aliphatic rings. The molecule has 2 fully saturated rings. The predicted molar refractivity (Wildman–Crippen MR) is 368 cm³/mol. The van der Waals surface area contributed by atoms with Crippen LogP contribution < -0.4 is 5.73 Å². The van der Waals surface area contributed by atoms with Crippen molar-refractivity contribution in [2.24, 2.45) is 117 Å². The average Bonchev–Trinajstić information content (AvgIpc) is 2.89. The van der Waals surface area contributed by atoms with Crippen molar-refractivity contribution in [2.75, 3.05) is 52.8 Å². The highest BCUT2D eigenvalue weighted by Crippen LogP contribution is 2.42.